The number of nitrogens with zero attached hydrogens (tertiary/aromatic N) is 1. The molecular formula is C16H10F5NO5. The summed E-state index contributed by atoms with van der Waals surface area (Å²) in [5, 5.41) is 27.8. The van der Waals surface area contributed by atoms with Gasteiger partial charge in [-0.2, -0.15) is 13.2 Å². The number of halogens is 5. The number of hydrogen-bond acceptors (Lipinski definition) is 3. The zero-order valence-corrected chi connectivity index (χ0v) is 13.1. The number of alkyl halides is 5. The molecule has 1 unspecified atom stereocenters. The maximum absolute atomic E-state index is 13.8. The minimum absolute atomic E-state index is 0.357. The molecule has 1 aliphatic carbocycles. The van der Waals surface area contributed by atoms with Crippen molar-refractivity contribution in [2.24, 2.45) is 0 Å². The molecule has 0 spiro atoms. The standard InChI is InChI=1S/C16H10F5NO5/c17-15(18)4-10-11(12(15)23)9(16(19,20)21)5-22(10)8-2-6(13(24)25)1-7(3-8)14(26)27/h1-3,5,12,23H,4H2,(H,24,25)(H,26,27). The Balaban J connectivity index is 2.30. The van der Waals surface area contributed by atoms with Crippen LogP contribution in [-0.4, -0.2) is 37.7 Å². The van der Waals surface area contributed by atoms with Crippen LogP contribution in [0.25, 0.3) is 5.69 Å². The van der Waals surface area contributed by atoms with E-state index in [9.17, 15) is 36.6 Å². The summed E-state index contributed by atoms with van der Waals surface area (Å²) in [6.07, 6.45) is -8.53. The molecule has 6 nitrogen and oxygen atoms in total. The van der Waals surface area contributed by atoms with Gasteiger partial charge in [-0.3, -0.25) is 0 Å². The molecule has 144 valence electrons. The van der Waals surface area contributed by atoms with Crippen molar-refractivity contribution in [2.45, 2.75) is 24.6 Å². The quantitative estimate of drug-likeness (QED) is 0.699. The van der Waals surface area contributed by atoms with Crippen molar-refractivity contribution in [3.63, 3.8) is 0 Å². The lowest BCUT2D eigenvalue weighted by Crippen LogP contribution is -2.24. The van der Waals surface area contributed by atoms with Crippen molar-refractivity contribution in [1.29, 1.82) is 0 Å². The maximum Gasteiger partial charge on any atom is 0.418 e. The summed E-state index contributed by atoms with van der Waals surface area (Å²) < 4.78 is 68.1. The first kappa shape index (κ1) is 18.8. The first-order valence-electron chi connectivity index (χ1n) is 7.32. The first-order valence-corrected chi connectivity index (χ1v) is 7.32. The Hall–Kier alpha value is -2.95. The fraction of sp³-hybridized carbons (Fsp3) is 0.250. The number of hydrogen-bond donors (Lipinski definition) is 3. The summed E-state index contributed by atoms with van der Waals surface area (Å²) in [6, 6.07) is 2.50. The molecule has 27 heavy (non-hydrogen) atoms. The van der Waals surface area contributed by atoms with Gasteiger partial charge in [0.2, 0.25) is 0 Å². The lowest BCUT2D eigenvalue weighted by Gasteiger charge is -2.16. The number of aromatic carboxylic acids is 2. The summed E-state index contributed by atoms with van der Waals surface area (Å²) in [7, 11) is 0. The van der Waals surface area contributed by atoms with Crippen LogP contribution in [0.1, 0.15) is 43.6 Å². The normalized spacial score (nSPS) is 18.4. The number of fused-ring (bicyclic) bond motifs is 1. The highest BCUT2D eigenvalue weighted by Gasteiger charge is 2.53. The monoisotopic (exact) mass is 391 g/mol. The zero-order valence-electron chi connectivity index (χ0n) is 13.1. The highest BCUT2D eigenvalue weighted by molar-refractivity contribution is 5.94. The van der Waals surface area contributed by atoms with Crippen LogP contribution in [0.5, 0.6) is 0 Å². The van der Waals surface area contributed by atoms with Crippen LogP contribution in [0, 0.1) is 0 Å². The van der Waals surface area contributed by atoms with E-state index in [0.717, 1.165) is 18.2 Å². The van der Waals surface area contributed by atoms with E-state index in [0.29, 0.717) is 10.8 Å². The second-order valence-corrected chi connectivity index (χ2v) is 5.99. The minimum atomic E-state index is -5.06. The molecule has 0 aliphatic heterocycles. The number of carboxylic acids is 2. The fourth-order valence-electron chi connectivity index (χ4n) is 3.03. The number of benzene rings is 1. The number of aliphatic hydroxyl groups is 1. The third kappa shape index (κ3) is 3.03. The lowest BCUT2D eigenvalue weighted by atomic mass is 10.1. The molecule has 0 saturated carbocycles. The van der Waals surface area contributed by atoms with Gasteiger partial charge in [-0.05, 0) is 18.2 Å². The minimum Gasteiger partial charge on any atom is -0.478 e. The first-order chi connectivity index (χ1) is 12.3. The van der Waals surface area contributed by atoms with Crippen molar-refractivity contribution in [1.82, 2.24) is 4.57 Å². The van der Waals surface area contributed by atoms with Crippen LogP contribution in [-0.2, 0) is 12.6 Å². The van der Waals surface area contributed by atoms with Gasteiger partial charge >= 0.3 is 18.1 Å². The number of aromatic nitrogens is 1. The topological polar surface area (TPSA) is 99.8 Å². The molecule has 11 heteroatoms. The molecule has 3 rings (SSSR count). The third-order valence-electron chi connectivity index (χ3n) is 4.22. The van der Waals surface area contributed by atoms with E-state index >= 15 is 0 Å². The molecule has 1 heterocycles. The Morgan fingerprint density at radius 1 is 1.07 bits per heavy atom. The van der Waals surface area contributed by atoms with Crippen molar-refractivity contribution >= 4 is 11.9 Å². The van der Waals surface area contributed by atoms with E-state index in [-0.39, 0.29) is 5.69 Å². The Morgan fingerprint density at radius 2 is 1.59 bits per heavy atom. The smallest absolute Gasteiger partial charge is 0.418 e. The molecule has 0 saturated heterocycles. The molecule has 0 fully saturated rings. The Bertz CT molecular complexity index is 931. The Labute approximate surface area is 147 Å². The zero-order chi connectivity index (χ0) is 20.3. The predicted octanol–water partition coefficient (Wildman–Crippen LogP) is 3.12. The lowest BCUT2D eigenvalue weighted by molar-refractivity contribution is -0.142. The van der Waals surface area contributed by atoms with Crippen LogP contribution in [0.3, 0.4) is 0 Å². The highest BCUT2D eigenvalue weighted by Crippen LogP contribution is 2.49. The van der Waals surface area contributed by atoms with E-state index in [1.165, 1.54) is 0 Å². The molecule has 3 N–H and O–H groups in total. The average molecular weight is 391 g/mol. The SMILES string of the molecule is O=C(O)c1cc(C(=O)O)cc(-n2cc(C(F)(F)F)c3c2CC(F)(F)C3O)c1. The van der Waals surface area contributed by atoms with Crippen molar-refractivity contribution in [3.8, 4) is 5.69 Å². The van der Waals surface area contributed by atoms with Crippen LogP contribution >= 0.6 is 0 Å². The van der Waals surface area contributed by atoms with Gasteiger partial charge in [0.25, 0.3) is 5.92 Å². The van der Waals surface area contributed by atoms with Gasteiger partial charge in [-0.15, -0.1) is 0 Å². The van der Waals surface area contributed by atoms with Gasteiger partial charge < -0.3 is 19.9 Å². The Morgan fingerprint density at radius 3 is 2.04 bits per heavy atom. The van der Waals surface area contributed by atoms with Crippen molar-refractivity contribution in [3.05, 3.63) is 52.3 Å². The third-order valence-corrected chi connectivity index (χ3v) is 4.22. The number of carboxylic acid groups (broad SMARTS) is 2. The van der Waals surface area contributed by atoms with Crippen molar-refractivity contribution in [2.75, 3.05) is 0 Å². The van der Waals surface area contributed by atoms with Crippen molar-refractivity contribution < 1.29 is 46.9 Å². The molecule has 1 aliphatic rings. The second-order valence-electron chi connectivity index (χ2n) is 5.99. The van der Waals surface area contributed by atoms with Gasteiger partial charge in [0, 0.05) is 23.1 Å². The summed E-state index contributed by atoms with van der Waals surface area (Å²) in [6.45, 7) is 0. The second kappa shape index (κ2) is 5.78. The van der Waals surface area contributed by atoms with Crippen LogP contribution in [0.2, 0.25) is 0 Å². The van der Waals surface area contributed by atoms with Crippen LogP contribution in [0.4, 0.5) is 22.0 Å². The summed E-state index contributed by atoms with van der Waals surface area (Å²) in [5.41, 5.74) is -4.54. The van der Waals surface area contributed by atoms with E-state index < -0.39 is 64.5 Å². The van der Waals surface area contributed by atoms with E-state index in [4.69, 9.17) is 10.2 Å². The molecule has 1 aromatic heterocycles. The molecule has 2 aromatic rings. The molecular weight excluding hydrogens is 381 g/mol. The van der Waals surface area contributed by atoms with Gasteiger partial charge in [-0.1, -0.05) is 0 Å². The maximum atomic E-state index is 13.8. The summed E-state index contributed by atoms with van der Waals surface area (Å²) in [4.78, 5) is 22.3. The molecule has 0 radical (unpaired) electrons. The number of carbonyl (C=O) groups is 2. The molecule has 0 bridgehead atoms. The number of aliphatic hydroxyl groups excluding tert-OH is 1. The van der Waals surface area contributed by atoms with E-state index in [2.05, 4.69) is 0 Å². The summed E-state index contributed by atoms with van der Waals surface area (Å²) in [5.74, 6) is -6.96. The highest BCUT2D eigenvalue weighted by atomic mass is 19.4. The van der Waals surface area contributed by atoms with E-state index in [1.807, 2.05) is 0 Å². The molecule has 1 aromatic carbocycles. The predicted molar refractivity (Wildman–Crippen MR) is 78.3 cm³/mol. The summed E-state index contributed by atoms with van der Waals surface area (Å²) >= 11 is 0. The van der Waals surface area contributed by atoms with Crippen LogP contribution < -0.4 is 0 Å². The Kier molecular flexibility index (Phi) is 4.03. The molecule has 0 amide bonds. The van der Waals surface area contributed by atoms with Gasteiger partial charge in [0.1, 0.15) is 6.10 Å². The van der Waals surface area contributed by atoms with Gasteiger partial charge in [-0.25, -0.2) is 18.4 Å². The largest absolute Gasteiger partial charge is 0.478 e. The van der Waals surface area contributed by atoms with E-state index in [1.54, 1.807) is 0 Å². The average Bonchev–Trinajstić information content (AvgIpc) is 3.01. The van der Waals surface area contributed by atoms with Gasteiger partial charge in [0.15, 0.2) is 0 Å². The molecule has 1 atom stereocenters. The van der Waals surface area contributed by atoms with Gasteiger partial charge in [0.05, 0.1) is 23.1 Å². The number of rotatable bonds is 3. The van der Waals surface area contributed by atoms with Crippen LogP contribution in [0.15, 0.2) is 24.4 Å². The fourth-order valence-corrected chi connectivity index (χ4v) is 3.03.